The van der Waals surface area contributed by atoms with E-state index in [1.54, 1.807) is 0 Å². The topological polar surface area (TPSA) is 36.9 Å². The Morgan fingerprint density at radius 3 is 2.33 bits per heavy atom. The highest BCUT2D eigenvalue weighted by molar-refractivity contribution is 4.39. The molecule has 9 heavy (non-hydrogen) atoms. The molecular weight excluding hydrogens is 114 g/mol. The van der Waals surface area contributed by atoms with Gasteiger partial charge < -0.3 is 0 Å². The van der Waals surface area contributed by atoms with Crippen LogP contribution in [0.4, 0.5) is 0 Å². The molecule has 0 aliphatic heterocycles. The Balaban J connectivity index is 2.60. The molecule has 0 aromatic rings. The van der Waals surface area contributed by atoms with Gasteiger partial charge >= 0.3 is 0 Å². The first kappa shape index (κ1) is 8.92. The van der Waals surface area contributed by atoms with E-state index >= 15 is 0 Å². The molecule has 0 unspecified atom stereocenters. The number of hydrogen-bond acceptors (Lipinski definition) is 1. The van der Waals surface area contributed by atoms with Crippen LogP contribution in [0, 0.1) is 0 Å². The Labute approximate surface area is 57.3 Å². The number of rotatable bonds is 6. The second-order valence-electron chi connectivity index (χ2n) is 2.32. The van der Waals surface area contributed by atoms with Crippen LogP contribution in [0.3, 0.4) is 0 Å². The minimum Gasteiger partial charge on any atom is -0.213 e. The SMILES string of the molecule is CCCCCCCO[NH3+]. The quantitative estimate of drug-likeness (QED) is 0.427. The van der Waals surface area contributed by atoms with Gasteiger partial charge in [-0.15, -0.1) is 0 Å². The molecule has 0 amide bonds. The lowest BCUT2D eigenvalue weighted by Crippen LogP contribution is -2.49. The maximum atomic E-state index is 4.67. The van der Waals surface area contributed by atoms with Crippen molar-refractivity contribution < 1.29 is 10.7 Å². The first-order valence-corrected chi connectivity index (χ1v) is 3.78. The van der Waals surface area contributed by atoms with Crippen molar-refractivity contribution in [3.8, 4) is 0 Å². The summed E-state index contributed by atoms with van der Waals surface area (Å²) >= 11 is 0. The van der Waals surface area contributed by atoms with Gasteiger partial charge in [0.2, 0.25) is 0 Å². The van der Waals surface area contributed by atoms with Gasteiger partial charge in [0, 0.05) is 0 Å². The molecule has 0 rings (SSSR count). The van der Waals surface area contributed by atoms with Crippen LogP contribution in [0.25, 0.3) is 0 Å². The van der Waals surface area contributed by atoms with Crippen molar-refractivity contribution in [2.45, 2.75) is 39.0 Å². The van der Waals surface area contributed by atoms with E-state index in [0.29, 0.717) is 0 Å². The summed E-state index contributed by atoms with van der Waals surface area (Å²) in [5, 5.41) is 0. The number of unbranched alkanes of at least 4 members (excludes halogenated alkanes) is 4. The zero-order valence-corrected chi connectivity index (χ0v) is 6.36. The maximum Gasteiger partial charge on any atom is 0.106 e. The molecule has 0 spiro atoms. The second kappa shape index (κ2) is 7.92. The zero-order chi connectivity index (χ0) is 6.95. The lowest BCUT2D eigenvalue weighted by atomic mass is 10.2. The summed E-state index contributed by atoms with van der Waals surface area (Å²) in [4.78, 5) is 4.67. The van der Waals surface area contributed by atoms with Crippen LogP contribution >= 0.6 is 0 Å². The smallest absolute Gasteiger partial charge is 0.106 e. The maximum absolute atomic E-state index is 4.67. The van der Waals surface area contributed by atoms with Gasteiger partial charge in [-0.3, -0.25) is 0 Å². The molecule has 0 aliphatic rings. The van der Waals surface area contributed by atoms with E-state index in [2.05, 4.69) is 17.7 Å². The van der Waals surface area contributed by atoms with E-state index in [1.807, 2.05) is 0 Å². The van der Waals surface area contributed by atoms with E-state index in [9.17, 15) is 0 Å². The molecule has 0 aliphatic carbocycles. The second-order valence-corrected chi connectivity index (χ2v) is 2.32. The molecule has 56 valence electrons. The molecule has 2 heteroatoms. The van der Waals surface area contributed by atoms with Crippen LogP contribution in [0.1, 0.15) is 39.0 Å². The molecule has 0 fully saturated rings. The third-order valence-corrected chi connectivity index (χ3v) is 1.39. The van der Waals surface area contributed by atoms with E-state index in [-0.39, 0.29) is 0 Å². The summed E-state index contributed by atoms with van der Waals surface area (Å²) in [6.07, 6.45) is 6.48. The molecule has 0 atom stereocenters. The van der Waals surface area contributed by atoms with Crippen molar-refractivity contribution in [2.75, 3.05) is 6.61 Å². The fourth-order valence-electron chi connectivity index (χ4n) is 0.808. The summed E-state index contributed by atoms with van der Waals surface area (Å²) in [6.45, 7) is 3.04. The molecule has 0 aromatic carbocycles. The van der Waals surface area contributed by atoms with E-state index in [1.165, 1.54) is 32.1 Å². The van der Waals surface area contributed by atoms with Crippen LogP contribution in [-0.4, -0.2) is 6.61 Å². The van der Waals surface area contributed by atoms with Crippen molar-refractivity contribution in [3.05, 3.63) is 0 Å². The highest BCUT2D eigenvalue weighted by atomic mass is 16.6. The molecular formula is C7H18NO+. The summed E-state index contributed by atoms with van der Waals surface area (Å²) < 4.78 is 0. The van der Waals surface area contributed by atoms with Gasteiger partial charge in [-0.2, -0.15) is 0 Å². The van der Waals surface area contributed by atoms with Crippen molar-refractivity contribution >= 4 is 0 Å². The van der Waals surface area contributed by atoms with Crippen molar-refractivity contribution in [1.29, 1.82) is 0 Å². The average Bonchev–Trinajstić information content (AvgIpc) is 1.89. The van der Waals surface area contributed by atoms with Crippen LogP contribution in [0.5, 0.6) is 0 Å². The molecule has 0 radical (unpaired) electrons. The van der Waals surface area contributed by atoms with Gasteiger partial charge in [-0.25, -0.2) is 10.7 Å². The fourth-order valence-corrected chi connectivity index (χ4v) is 0.808. The Morgan fingerprint density at radius 1 is 1.11 bits per heavy atom. The van der Waals surface area contributed by atoms with Crippen LogP contribution in [0.15, 0.2) is 0 Å². The van der Waals surface area contributed by atoms with Crippen LogP contribution < -0.4 is 5.90 Å². The zero-order valence-electron chi connectivity index (χ0n) is 6.36. The highest BCUT2D eigenvalue weighted by Crippen LogP contribution is 2.00. The molecule has 0 saturated heterocycles. The van der Waals surface area contributed by atoms with Gasteiger partial charge in [-0.1, -0.05) is 32.6 Å². The summed E-state index contributed by atoms with van der Waals surface area (Å²) in [5.74, 6) is 3.30. The lowest BCUT2D eigenvalue weighted by molar-refractivity contribution is -0.689. The Kier molecular flexibility index (Phi) is 7.85. The largest absolute Gasteiger partial charge is 0.213 e. The fraction of sp³-hybridized carbons (Fsp3) is 1.00. The van der Waals surface area contributed by atoms with Gasteiger partial charge in [0.15, 0.2) is 0 Å². The van der Waals surface area contributed by atoms with E-state index in [0.717, 1.165) is 6.61 Å². The lowest BCUT2D eigenvalue weighted by Gasteiger charge is -1.95. The predicted molar refractivity (Wildman–Crippen MR) is 37.6 cm³/mol. The van der Waals surface area contributed by atoms with Gasteiger partial charge in [0.25, 0.3) is 0 Å². The predicted octanol–water partition coefficient (Wildman–Crippen LogP) is 1.13. The number of quaternary nitrogens is 1. The minimum atomic E-state index is 0.823. The van der Waals surface area contributed by atoms with Crippen molar-refractivity contribution in [1.82, 2.24) is 0 Å². The first-order valence-electron chi connectivity index (χ1n) is 3.78. The first-order chi connectivity index (χ1) is 4.41. The monoisotopic (exact) mass is 132 g/mol. The normalized spacial score (nSPS) is 10.0. The summed E-state index contributed by atoms with van der Waals surface area (Å²) in [6, 6.07) is 0. The molecule has 2 nitrogen and oxygen atoms in total. The van der Waals surface area contributed by atoms with E-state index in [4.69, 9.17) is 0 Å². The van der Waals surface area contributed by atoms with Crippen LogP contribution in [-0.2, 0) is 4.84 Å². The van der Waals surface area contributed by atoms with Gasteiger partial charge in [-0.05, 0) is 6.42 Å². The van der Waals surface area contributed by atoms with Crippen LogP contribution in [0.2, 0.25) is 0 Å². The van der Waals surface area contributed by atoms with Crippen molar-refractivity contribution in [3.63, 3.8) is 0 Å². The summed E-state index contributed by atoms with van der Waals surface area (Å²) in [5.41, 5.74) is 0. The molecule has 0 saturated carbocycles. The van der Waals surface area contributed by atoms with Crippen molar-refractivity contribution in [2.24, 2.45) is 0 Å². The Bertz CT molecular complexity index is 42.2. The third kappa shape index (κ3) is 7.92. The molecule has 0 heterocycles. The number of hydrogen-bond donors (Lipinski definition) is 1. The summed E-state index contributed by atoms with van der Waals surface area (Å²) in [7, 11) is 0. The Hall–Kier alpha value is -0.0800. The van der Waals surface area contributed by atoms with Gasteiger partial charge in [0.05, 0.1) is 0 Å². The average molecular weight is 132 g/mol. The highest BCUT2D eigenvalue weighted by Gasteiger charge is 1.87. The third-order valence-electron chi connectivity index (χ3n) is 1.39. The standard InChI is InChI=1S/C7H18NO/c1-2-3-4-5-6-7-9-8/h2-7H2,1,8H3/q+1. The van der Waals surface area contributed by atoms with E-state index < -0.39 is 0 Å². The Morgan fingerprint density at radius 2 is 1.78 bits per heavy atom. The molecule has 0 bridgehead atoms. The minimum absolute atomic E-state index is 0.823. The molecule has 0 aromatic heterocycles. The van der Waals surface area contributed by atoms with Gasteiger partial charge in [0.1, 0.15) is 6.61 Å². The molecule has 3 N–H and O–H groups in total.